The first-order valence-corrected chi connectivity index (χ1v) is 7.22. The van der Waals surface area contributed by atoms with Crippen LogP contribution in [0.2, 0.25) is 0 Å². The summed E-state index contributed by atoms with van der Waals surface area (Å²) in [4.78, 5) is 15.1. The molecule has 2 N–H and O–H groups in total. The molecule has 1 aromatic carbocycles. The number of nitrogens with zero attached hydrogens (tertiary/aromatic N) is 1. The number of nitrogens with two attached hydrogens (primary N) is 1. The van der Waals surface area contributed by atoms with Crippen molar-refractivity contribution in [2.45, 2.75) is 6.42 Å². The fourth-order valence-corrected chi connectivity index (χ4v) is 3.28. The third-order valence-corrected chi connectivity index (χ3v) is 4.36. The Morgan fingerprint density at radius 1 is 1.26 bits per heavy atom. The van der Waals surface area contributed by atoms with Crippen molar-refractivity contribution in [3.05, 3.63) is 29.1 Å². The molecule has 2 aromatic rings. The van der Waals surface area contributed by atoms with Crippen LogP contribution in [0.25, 0.3) is 10.1 Å². The minimum absolute atomic E-state index is 0.102. The van der Waals surface area contributed by atoms with E-state index in [4.69, 9.17) is 10.5 Å². The number of ether oxygens (including phenoxy) is 1. The third kappa shape index (κ3) is 2.57. The van der Waals surface area contributed by atoms with Crippen molar-refractivity contribution in [2.24, 2.45) is 0 Å². The second kappa shape index (κ2) is 5.19. The van der Waals surface area contributed by atoms with Crippen molar-refractivity contribution in [1.82, 2.24) is 4.90 Å². The molecule has 1 saturated heterocycles. The highest BCUT2D eigenvalue weighted by molar-refractivity contribution is 7.20. The fourth-order valence-electron chi connectivity index (χ4n) is 2.27. The monoisotopic (exact) mass is 276 g/mol. The maximum absolute atomic E-state index is 12.5. The van der Waals surface area contributed by atoms with Crippen LogP contribution in [-0.4, -0.2) is 37.1 Å². The zero-order chi connectivity index (χ0) is 13.2. The van der Waals surface area contributed by atoms with Crippen molar-refractivity contribution in [3.8, 4) is 0 Å². The summed E-state index contributed by atoms with van der Waals surface area (Å²) in [6, 6.07) is 7.68. The van der Waals surface area contributed by atoms with Crippen LogP contribution < -0.4 is 5.73 Å². The zero-order valence-corrected chi connectivity index (χ0v) is 11.4. The summed E-state index contributed by atoms with van der Waals surface area (Å²) in [7, 11) is 0. The summed E-state index contributed by atoms with van der Waals surface area (Å²) >= 11 is 1.53. The molecule has 0 bridgehead atoms. The van der Waals surface area contributed by atoms with Crippen molar-refractivity contribution < 1.29 is 9.53 Å². The van der Waals surface area contributed by atoms with Crippen LogP contribution in [-0.2, 0) is 4.74 Å². The molecule has 1 aliphatic rings. The molecule has 1 aromatic heterocycles. The summed E-state index contributed by atoms with van der Waals surface area (Å²) in [5, 5.41) is 1.04. The average molecular weight is 276 g/mol. The molecular formula is C14H16N2O2S. The number of anilines is 1. The van der Waals surface area contributed by atoms with Crippen molar-refractivity contribution in [2.75, 3.05) is 32.0 Å². The Labute approximate surface area is 115 Å². The van der Waals surface area contributed by atoms with Gasteiger partial charge in [0.2, 0.25) is 0 Å². The SMILES string of the molecule is Nc1ccc2sc(C(=O)N3CCCOCC3)cc2c1. The number of rotatable bonds is 1. The lowest BCUT2D eigenvalue weighted by atomic mass is 10.2. The van der Waals surface area contributed by atoms with E-state index in [1.54, 1.807) is 0 Å². The van der Waals surface area contributed by atoms with Crippen LogP contribution in [0.15, 0.2) is 24.3 Å². The molecule has 0 radical (unpaired) electrons. The summed E-state index contributed by atoms with van der Waals surface area (Å²) < 4.78 is 6.48. The summed E-state index contributed by atoms with van der Waals surface area (Å²) in [6.45, 7) is 2.82. The molecule has 2 heterocycles. The largest absolute Gasteiger partial charge is 0.399 e. The average Bonchev–Trinajstić information content (AvgIpc) is 2.64. The highest BCUT2D eigenvalue weighted by Crippen LogP contribution is 2.28. The molecule has 5 heteroatoms. The first-order chi connectivity index (χ1) is 9.24. The summed E-state index contributed by atoms with van der Waals surface area (Å²) in [6.07, 6.45) is 0.906. The number of carbonyl (C=O) groups excluding carboxylic acids is 1. The summed E-state index contributed by atoms with van der Waals surface area (Å²) in [5.74, 6) is 0.102. The number of hydrogen-bond donors (Lipinski definition) is 1. The van der Waals surface area contributed by atoms with Gasteiger partial charge >= 0.3 is 0 Å². The van der Waals surface area contributed by atoms with Gasteiger partial charge in [-0.05, 0) is 36.1 Å². The van der Waals surface area contributed by atoms with E-state index in [0.717, 1.165) is 40.2 Å². The van der Waals surface area contributed by atoms with Gasteiger partial charge in [0.05, 0.1) is 11.5 Å². The second-order valence-electron chi connectivity index (χ2n) is 4.67. The molecule has 100 valence electrons. The number of fused-ring (bicyclic) bond motifs is 1. The molecule has 0 aliphatic carbocycles. The number of hydrogen-bond acceptors (Lipinski definition) is 4. The molecular weight excluding hydrogens is 260 g/mol. The van der Waals surface area contributed by atoms with Crippen LogP contribution in [0, 0.1) is 0 Å². The van der Waals surface area contributed by atoms with Crippen molar-refractivity contribution in [1.29, 1.82) is 0 Å². The standard InChI is InChI=1S/C14H16N2O2S/c15-11-2-3-12-10(8-11)9-13(19-12)14(17)16-4-1-6-18-7-5-16/h2-3,8-9H,1,4-7,15H2. The minimum Gasteiger partial charge on any atom is -0.399 e. The Bertz CT molecular complexity index is 601. The van der Waals surface area contributed by atoms with Gasteiger partial charge in [0.25, 0.3) is 5.91 Å². The molecule has 1 fully saturated rings. The minimum atomic E-state index is 0.102. The molecule has 0 atom stereocenters. The molecule has 1 amide bonds. The lowest BCUT2D eigenvalue weighted by Crippen LogP contribution is -2.32. The van der Waals surface area contributed by atoms with Crippen LogP contribution in [0.1, 0.15) is 16.1 Å². The van der Waals surface area contributed by atoms with Gasteiger partial charge in [-0.25, -0.2) is 0 Å². The van der Waals surface area contributed by atoms with E-state index in [-0.39, 0.29) is 5.91 Å². The number of carbonyl (C=O) groups is 1. The van der Waals surface area contributed by atoms with Crippen LogP contribution in [0.4, 0.5) is 5.69 Å². The first kappa shape index (κ1) is 12.4. The lowest BCUT2D eigenvalue weighted by Gasteiger charge is -2.18. The normalized spacial score (nSPS) is 16.5. The molecule has 0 unspecified atom stereocenters. The van der Waals surface area contributed by atoms with Gasteiger partial charge in [-0.1, -0.05) is 0 Å². The molecule has 19 heavy (non-hydrogen) atoms. The molecule has 4 nitrogen and oxygen atoms in total. The van der Waals surface area contributed by atoms with Gasteiger partial charge in [-0.2, -0.15) is 0 Å². The Morgan fingerprint density at radius 2 is 2.16 bits per heavy atom. The second-order valence-corrected chi connectivity index (χ2v) is 5.75. The van der Waals surface area contributed by atoms with E-state index >= 15 is 0 Å². The fraction of sp³-hybridized carbons (Fsp3) is 0.357. The Hall–Kier alpha value is -1.59. The first-order valence-electron chi connectivity index (χ1n) is 6.40. The molecule has 0 saturated carbocycles. The van der Waals surface area contributed by atoms with E-state index in [1.165, 1.54) is 11.3 Å². The highest BCUT2D eigenvalue weighted by atomic mass is 32.1. The van der Waals surface area contributed by atoms with E-state index in [0.29, 0.717) is 13.2 Å². The van der Waals surface area contributed by atoms with Gasteiger partial charge in [-0.3, -0.25) is 4.79 Å². The van der Waals surface area contributed by atoms with Gasteiger partial charge in [0.1, 0.15) is 0 Å². The van der Waals surface area contributed by atoms with Crippen molar-refractivity contribution in [3.63, 3.8) is 0 Å². The number of benzene rings is 1. The number of thiophene rings is 1. The van der Waals surface area contributed by atoms with Crippen LogP contribution in [0.3, 0.4) is 0 Å². The van der Waals surface area contributed by atoms with E-state index in [2.05, 4.69) is 0 Å². The lowest BCUT2D eigenvalue weighted by molar-refractivity contribution is 0.0746. The Morgan fingerprint density at radius 3 is 3.05 bits per heavy atom. The predicted molar refractivity (Wildman–Crippen MR) is 77.6 cm³/mol. The topological polar surface area (TPSA) is 55.6 Å². The Kier molecular flexibility index (Phi) is 3.40. The van der Waals surface area contributed by atoms with Gasteiger partial charge < -0.3 is 15.4 Å². The predicted octanol–water partition coefficient (Wildman–Crippen LogP) is 2.35. The molecule has 0 spiro atoms. The number of nitrogen functional groups attached to an aromatic ring is 1. The quantitative estimate of drug-likeness (QED) is 0.813. The van der Waals surface area contributed by atoms with Crippen LogP contribution in [0.5, 0.6) is 0 Å². The third-order valence-electron chi connectivity index (χ3n) is 3.26. The van der Waals surface area contributed by atoms with Gasteiger partial charge in [0, 0.05) is 30.1 Å². The van der Waals surface area contributed by atoms with E-state index in [9.17, 15) is 4.79 Å². The molecule has 1 aliphatic heterocycles. The molecule has 3 rings (SSSR count). The Balaban J connectivity index is 1.88. The van der Waals surface area contributed by atoms with Gasteiger partial charge in [-0.15, -0.1) is 11.3 Å². The van der Waals surface area contributed by atoms with Crippen LogP contribution >= 0.6 is 11.3 Å². The van der Waals surface area contributed by atoms with Crippen molar-refractivity contribution >= 4 is 33.0 Å². The smallest absolute Gasteiger partial charge is 0.264 e. The van der Waals surface area contributed by atoms with E-state index in [1.807, 2.05) is 29.2 Å². The zero-order valence-electron chi connectivity index (χ0n) is 10.6. The maximum Gasteiger partial charge on any atom is 0.264 e. The van der Waals surface area contributed by atoms with Gasteiger partial charge in [0.15, 0.2) is 0 Å². The maximum atomic E-state index is 12.5. The number of amides is 1. The highest BCUT2D eigenvalue weighted by Gasteiger charge is 2.19. The van der Waals surface area contributed by atoms with E-state index < -0.39 is 0 Å². The summed E-state index contributed by atoms with van der Waals surface area (Å²) in [5.41, 5.74) is 6.49.